The molecule has 0 saturated carbocycles. The molecule has 0 radical (unpaired) electrons. The van der Waals surface area contributed by atoms with Gasteiger partial charge in [0.05, 0.1) is 11.5 Å². The SMILES string of the molecule is CCC(C)CN(CC)C1(CN)CCCS(=O)(=O)C1. The van der Waals surface area contributed by atoms with Crippen molar-refractivity contribution < 1.29 is 8.42 Å². The molecule has 0 bridgehead atoms. The van der Waals surface area contributed by atoms with E-state index in [0.717, 1.165) is 32.4 Å². The lowest BCUT2D eigenvalue weighted by atomic mass is 9.91. The molecule has 18 heavy (non-hydrogen) atoms. The summed E-state index contributed by atoms with van der Waals surface area (Å²) in [4.78, 5) is 2.30. The molecule has 2 unspecified atom stereocenters. The maximum atomic E-state index is 11.9. The molecular weight excluding hydrogens is 248 g/mol. The highest BCUT2D eigenvalue weighted by molar-refractivity contribution is 7.91. The summed E-state index contributed by atoms with van der Waals surface area (Å²) in [5, 5.41) is 0. The minimum absolute atomic E-state index is 0.237. The third-order valence-corrected chi connectivity index (χ3v) is 6.14. The van der Waals surface area contributed by atoms with Crippen LogP contribution < -0.4 is 5.73 Å². The van der Waals surface area contributed by atoms with Crippen LogP contribution in [0.5, 0.6) is 0 Å². The van der Waals surface area contributed by atoms with Crippen molar-refractivity contribution in [2.75, 3.05) is 31.1 Å². The molecule has 4 nitrogen and oxygen atoms in total. The zero-order valence-electron chi connectivity index (χ0n) is 12.0. The number of sulfone groups is 1. The van der Waals surface area contributed by atoms with Crippen LogP contribution in [0.4, 0.5) is 0 Å². The van der Waals surface area contributed by atoms with Crippen molar-refractivity contribution in [3.8, 4) is 0 Å². The third kappa shape index (κ3) is 3.68. The number of hydrogen-bond donors (Lipinski definition) is 1. The van der Waals surface area contributed by atoms with E-state index in [4.69, 9.17) is 5.73 Å². The van der Waals surface area contributed by atoms with E-state index in [0.29, 0.717) is 18.2 Å². The van der Waals surface area contributed by atoms with Gasteiger partial charge in [-0.1, -0.05) is 27.2 Å². The Morgan fingerprint density at radius 2 is 2.06 bits per heavy atom. The fourth-order valence-electron chi connectivity index (χ4n) is 2.88. The summed E-state index contributed by atoms with van der Waals surface area (Å²) in [6.07, 6.45) is 2.77. The van der Waals surface area contributed by atoms with Gasteiger partial charge in [0.15, 0.2) is 9.84 Å². The van der Waals surface area contributed by atoms with Crippen molar-refractivity contribution >= 4 is 9.84 Å². The molecule has 1 heterocycles. The van der Waals surface area contributed by atoms with Crippen molar-refractivity contribution in [3.05, 3.63) is 0 Å². The molecule has 0 aromatic heterocycles. The number of likely N-dealkylation sites (N-methyl/N-ethyl adjacent to an activating group) is 1. The minimum atomic E-state index is -2.92. The van der Waals surface area contributed by atoms with E-state index < -0.39 is 9.84 Å². The number of rotatable bonds is 6. The Hall–Kier alpha value is -0.130. The summed E-state index contributed by atoms with van der Waals surface area (Å²) in [5.74, 6) is 1.15. The van der Waals surface area contributed by atoms with Gasteiger partial charge in [0.1, 0.15) is 0 Å². The highest BCUT2D eigenvalue weighted by atomic mass is 32.2. The van der Waals surface area contributed by atoms with Crippen LogP contribution >= 0.6 is 0 Å². The Morgan fingerprint density at radius 1 is 1.39 bits per heavy atom. The molecule has 0 amide bonds. The van der Waals surface area contributed by atoms with E-state index in [2.05, 4.69) is 25.7 Å². The van der Waals surface area contributed by atoms with E-state index in [1.54, 1.807) is 0 Å². The Kier molecular flexibility index (Phi) is 5.62. The first-order chi connectivity index (χ1) is 8.39. The van der Waals surface area contributed by atoms with Gasteiger partial charge in [-0.2, -0.15) is 0 Å². The monoisotopic (exact) mass is 276 g/mol. The average molecular weight is 276 g/mol. The second-order valence-corrected chi connectivity index (χ2v) is 7.86. The lowest BCUT2D eigenvalue weighted by molar-refractivity contribution is 0.0888. The summed E-state index contributed by atoms with van der Waals surface area (Å²) in [5.41, 5.74) is 5.62. The molecule has 108 valence electrons. The number of hydrogen-bond acceptors (Lipinski definition) is 4. The van der Waals surface area contributed by atoms with Crippen LogP contribution in [0.3, 0.4) is 0 Å². The molecule has 1 fully saturated rings. The van der Waals surface area contributed by atoms with E-state index in [-0.39, 0.29) is 11.3 Å². The number of nitrogens with two attached hydrogens (primary N) is 1. The molecule has 1 rings (SSSR count). The quantitative estimate of drug-likeness (QED) is 0.793. The fourth-order valence-corrected chi connectivity index (χ4v) is 4.87. The molecule has 1 aliphatic heterocycles. The van der Waals surface area contributed by atoms with Crippen LogP contribution in [0, 0.1) is 5.92 Å². The summed E-state index contributed by atoms with van der Waals surface area (Å²) < 4.78 is 23.8. The summed E-state index contributed by atoms with van der Waals surface area (Å²) >= 11 is 0. The van der Waals surface area contributed by atoms with Gasteiger partial charge in [-0.05, 0) is 25.3 Å². The predicted molar refractivity (Wildman–Crippen MR) is 76.4 cm³/mol. The second-order valence-electron chi connectivity index (χ2n) is 5.68. The maximum Gasteiger partial charge on any atom is 0.152 e. The van der Waals surface area contributed by atoms with Crippen molar-refractivity contribution in [1.82, 2.24) is 4.90 Å². The Labute approximate surface area is 112 Å². The predicted octanol–water partition coefficient (Wildman–Crippen LogP) is 1.26. The lowest BCUT2D eigenvalue weighted by Gasteiger charge is -2.46. The van der Waals surface area contributed by atoms with Gasteiger partial charge in [-0.25, -0.2) is 8.42 Å². The zero-order chi connectivity index (χ0) is 13.8. The van der Waals surface area contributed by atoms with E-state index >= 15 is 0 Å². The molecule has 2 N–H and O–H groups in total. The zero-order valence-corrected chi connectivity index (χ0v) is 12.8. The van der Waals surface area contributed by atoms with E-state index in [9.17, 15) is 8.42 Å². The first-order valence-electron chi connectivity index (χ1n) is 7.04. The van der Waals surface area contributed by atoms with Crippen LogP contribution in [-0.2, 0) is 9.84 Å². The topological polar surface area (TPSA) is 63.4 Å². The van der Waals surface area contributed by atoms with Crippen LogP contribution in [0.1, 0.15) is 40.0 Å². The van der Waals surface area contributed by atoms with E-state index in [1.807, 2.05) is 0 Å². The van der Waals surface area contributed by atoms with E-state index in [1.165, 1.54) is 0 Å². The van der Waals surface area contributed by atoms with Crippen molar-refractivity contribution in [2.24, 2.45) is 11.7 Å². The molecule has 5 heteroatoms. The summed E-state index contributed by atoms with van der Waals surface area (Å²) in [6, 6.07) is 0. The van der Waals surface area contributed by atoms with Gasteiger partial charge in [0, 0.05) is 18.6 Å². The third-order valence-electron chi connectivity index (χ3n) is 4.25. The standard InChI is InChI=1S/C13H28N2O2S/c1-4-12(3)9-15(5-2)13(10-14)7-6-8-18(16,17)11-13/h12H,4-11,14H2,1-3H3. The van der Waals surface area contributed by atoms with Gasteiger partial charge in [0.2, 0.25) is 0 Å². The van der Waals surface area contributed by atoms with Crippen LogP contribution in [0.15, 0.2) is 0 Å². The molecule has 0 spiro atoms. The van der Waals surface area contributed by atoms with Gasteiger partial charge in [0.25, 0.3) is 0 Å². The molecule has 1 saturated heterocycles. The van der Waals surface area contributed by atoms with Gasteiger partial charge < -0.3 is 5.73 Å². The molecule has 1 aliphatic rings. The summed E-state index contributed by atoms with van der Waals surface area (Å²) in [7, 11) is -2.92. The Bertz CT molecular complexity index is 356. The highest BCUT2D eigenvalue weighted by Gasteiger charge is 2.42. The first kappa shape index (κ1) is 15.9. The molecule has 0 aromatic carbocycles. The van der Waals surface area contributed by atoms with Crippen molar-refractivity contribution in [3.63, 3.8) is 0 Å². The van der Waals surface area contributed by atoms with Crippen molar-refractivity contribution in [2.45, 2.75) is 45.6 Å². The maximum absolute atomic E-state index is 11.9. The largest absolute Gasteiger partial charge is 0.329 e. The van der Waals surface area contributed by atoms with Gasteiger partial charge in [-0.3, -0.25) is 4.90 Å². The lowest BCUT2D eigenvalue weighted by Crippen LogP contribution is -2.60. The molecule has 0 aliphatic carbocycles. The van der Waals surface area contributed by atoms with Crippen LogP contribution in [0.25, 0.3) is 0 Å². The highest BCUT2D eigenvalue weighted by Crippen LogP contribution is 2.29. The van der Waals surface area contributed by atoms with Crippen LogP contribution in [0.2, 0.25) is 0 Å². The summed E-state index contributed by atoms with van der Waals surface area (Å²) in [6.45, 7) is 8.74. The van der Waals surface area contributed by atoms with Crippen LogP contribution in [-0.4, -0.2) is 50.0 Å². The average Bonchev–Trinajstić information content (AvgIpc) is 2.34. The number of nitrogens with zero attached hydrogens (tertiary/aromatic N) is 1. The first-order valence-corrected chi connectivity index (χ1v) is 8.87. The molecule has 0 aromatic rings. The minimum Gasteiger partial charge on any atom is -0.329 e. The Balaban J connectivity index is 2.90. The molecule has 2 atom stereocenters. The van der Waals surface area contributed by atoms with Gasteiger partial charge in [-0.15, -0.1) is 0 Å². The van der Waals surface area contributed by atoms with Gasteiger partial charge >= 0.3 is 0 Å². The Morgan fingerprint density at radius 3 is 2.50 bits per heavy atom. The van der Waals surface area contributed by atoms with Crippen molar-refractivity contribution in [1.29, 1.82) is 0 Å². The molecular formula is C13H28N2O2S. The normalized spacial score (nSPS) is 29.4. The smallest absolute Gasteiger partial charge is 0.152 e. The second kappa shape index (κ2) is 6.35. The fraction of sp³-hybridized carbons (Fsp3) is 1.00.